The maximum Gasteiger partial charge on any atom is 0.407 e. The number of amides is 1. The van der Waals surface area contributed by atoms with Crippen LogP contribution in [0.1, 0.15) is 47.0 Å². The molecule has 27 heavy (non-hydrogen) atoms. The van der Waals surface area contributed by atoms with Crippen LogP contribution >= 0.6 is 24.0 Å². The summed E-state index contributed by atoms with van der Waals surface area (Å²) in [5.74, 6) is 1.63. The van der Waals surface area contributed by atoms with Gasteiger partial charge in [-0.25, -0.2) is 4.79 Å². The fraction of sp³-hybridized carbons (Fsp3) is 0.895. The van der Waals surface area contributed by atoms with E-state index in [-0.39, 0.29) is 36.1 Å². The number of nitrogens with zero attached hydrogens (tertiary/aromatic N) is 3. The SMILES string of the molecule is CCCN1CCC(CNC(=NC)N2CCC(NC(=O)OC(C)(C)C)C2)C1.I. The number of carbonyl (C=O) groups excluding carboxylic acids is 1. The molecule has 2 aliphatic rings. The number of halogens is 1. The molecule has 0 saturated carbocycles. The van der Waals surface area contributed by atoms with Crippen molar-refractivity contribution >= 4 is 36.0 Å². The molecule has 2 fully saturated rings. The molecule has 1 amide bonds. The first-order valence-corrected chi connectivity index (χ1v) is 9.98. The Labute approximate surface area is 181 Å². The predicted molar refractivity (Wildman–Crippen MR) is 121 cm³/mol. The number of likely N-dealkylation sites (tertiary alicyclic amines) is 2. The van der Waals surface area contributed by atoms with Crippen LogP contribution in [0.25, 0.3) is 0 Å². The van der Waals surface area contributed by atoms with Crippen LogP contribution in [0, 0.1) is 5.92 Å². The van der Waals surface area contributed by atoms with Crippen molar-refractivity contribution in [2.45, 2.75) is 58.6 Å². The molecule has 7 nitrogen and oxygen atoms in total. The topological polar surface area (TPSA) is 69.2 Å². The van der Waals surface area contributed by atoms with Crippen LogP contribution in [0.2, 0.25) is 0 Å². The lowest BCUT2D eigenvalue weighted by Gasteiger charge is -2.24. The molecule has 0 aromatic rings. The third-order valence-corrected chi connectivity index (χ3v) is 4.88. The summed E-state index contributed by atoms with van der Waals surface area (Å²) in [6, 6.07) is 0.106. The first-order valence-electron chi connectivity index (χ1n) is 9.98. The van der Waals surface area contributed by atoms with Gasteiger partial charge >= 0.3 is 6.09 Å². The molecule has 2 heterocycles. The summed E-state index contributed by atoms with van der Waals surface area (Å²) in [5, 5.41) is 6.50. The number of rotatable bonds is 5. The molecule has 0 bridgehead atoms. The van der Waals surface area contributed by atoms with Gasteiger partial charge in [-0.3, -0.25) is 4.99 Å². The van der Waals surface area contributed by atoms with Crippen molar-refractivity contribution in [1.82, 2.24) is 20.4 Å². The Hall–Kier alpha value is -0.770. The summed E-state index contributed by atoms with van der Waals surface area (Å²) in [7, 11) is 1.83. The number of hydrogen-bond donors (Lipinski definition) is 2. The average Bonchev–Trinajstić information content (AvgIpc) is 3.16. The summed E-state index contributed by atoms with van der Waals surface area (Å²) in [5.41, 5.74) is -0.465. The second-order valence-electron chi connectivity index (χ2n) is 8.46. The average molecular weight is 495 g/mol. The summed E-state index contributed by atoms with van der Waals surface area (Å²) >= 11 is 0. The van der Waals surface area contributed by atoms with Gasteiger partial charge in [0.25, 0.3) is 0 Å². The van der Waals surface area contributed by atoms with Gasteiger partial charge in [0.15, 0.2) is 5.96 Å². The third kappa shape index (κ3) is 8.41. The zero-order valence-electron chi connectivity index (χ0n) is 17.6. The van der Waals surface area contributed by atoms with Gasteiger partial charge < -0.3 is 25.2 Å². The van der Waals surface area contributed by atoms with Crippen LogP contribution in [0.3, 0.4) is 0 Å². The first kappa shape index (κ1) is 24.3. The number of carbonyl (C=O) groups is 1. The van der Waals surface area contributed by atoms with E-state index in [4.69, 9.17) is 4.74 Å². The fourth-order valence-electron chi connectivity index (χ4n) is 3.71. The number of hydrogen-bond acceptors (Lipinski definition) is 4. The van der Waals surface area contributed by atoms with Gasteiger partial charge in [0.2, 0.25) is 0 Å². The Morgan fingerprint density at radius 3 is 2.59 bits per heavy atom. The maximum absolute atomic E-state index is 11.9. The van der Waals surface area contributed by atoms with Gasteiger partial charge in [0.05, 0.1) is 6.04 Å². The molecule has 0 spiro atoms. The van der Waals surface area contributed by atoms with E-state index in [9.17, 15) is 4.79 Å². The molecule has 2 saturated heterocycles. The zero-order valence-corrected chi connectivity index (χ0v) is 19.9. The van der Waals surface area contributed by atoms with E-state index < -0.39 is 5.60 Å². The monoisotopic (exact) mass is 495 g/mol. The minimum Gasteiger partial charge on any atom is -0.444 e. The van der Waals surface area contributed by atoms with Crippen LogP contribution in [-0.4, -0.2) is 79.8 Å². The Bertz CT molecular complexity index is 495. The van der Waals surface area contributed by atoms with E-state index in [0.717, 1.165) is 32.0 Å². The van der Waals surface area contributed by atoms with Crippen LogP contribution < -0.4 is 10.6 Å². The molecule has 0 aliphatic carbocycles. The number of nitrogens with one attached hydrogen (secondary N) is 2. The van der Waals surface area contributed by atoms with E-state index in [1.807, 2.05) is 27.8 Å². The zero-order chi connectivity index (χ0) is 19.2. The number of alkyl carbamates (subject to hydrolysis) is 1. The number of ether oxygens (including phenoxy) is 1. The summed E-state index contributed by atoms with van der Waals surface area (Å²) in [6.45, 7) is 14.1. The van der Waals surface area contributed by atoms with Crippen molar-refractivity contribution < 1.29 is 9.53 Å². The Morgan fingerprint density at radius 2 is 1.96 bits per heavy atom. The minimum absolute atomic E-state index is 0. The first-order chi connectivity index (χ1) is 12.3. The van der Waals surface area contributed by atoms with Crippen molar-refractivity contribution in [3.05, 3.63) is 0 Å². The van der Waals surface area contributed by atoms with E-state index in [1.165, 1.54) is 32.5 Å². The lowest BCUT2D eigenvalue weighted by Crippen LogP contribution is -2.45. The number of guanidine groups is 1. The van der Waals surface area contributed by atoms with Crippen LogP contribution in [0.5, 0.6) is 0 Å². The highest BCUT2D eigenvalue weighted by Gasteiger charge is 2.28. The highest BCUT2D eigenvalue weighted by atomic mass is 127. The lowest BCUT2D eigenvalue weighted by molar-refractivity contribution is 0.0507. The van der Waals surface area contributed by atoms with Crippen molar-refractivity contribution in [2.24, 2.45) is 10.9 Å². The lowest BCUT2D eigenvalue weighted by atomic mass is 10.1. The van der Waals surface area contributed by atoms with Gasteiger partial charge in [0, 0.05) is 33.2 Å². The van der Waals surface area contributed by atoms with E-state index >= 15 is 0 Å². The quantitative estimate of drug-likeness (QED) is 0.349. The Kier molecular flexibility index (Phi) is 10.1. The smallest absolute Gasteiger partial charge is 0.407 e. The Balaban J connectivity index is 0.00000364. The van der Waals surface area contributed by atoms with Crippen molar-refractivity contribution in [3.63, 3.8) is 0 Å². The van der Waals surface area contributed by atoms with Crippen LogP contribution in [-0.2, 0) is 4.74 Å². The molecule has 8 heteroatoms. The molecule has 2 N–H and O–H groups in total. The normalized spacial score (nSPS) is 23.9. The van der Waals surface area contributed by atoms with E-state index in [2.05, 4.69) is 32.3 Å². The fourth-order valence-corrected chi connectivity index (χ4v) is 3.71. The molecular weight excluding hydrogens is 457 g/mol. The highest BCUT2D eigenvalue weighted by molar-refractivity contribution is 14.0. The standard InChI is InChI=1S/C19H37N5O2.HI/c1-6-9-23-10-7-15(13-23)12-21-17(20-5)24-11-8-16(14-24)22-18(25)26-19(2,3)4;/h15-16H,6-14H2,1-5H3,(H,20,21)(H,22,25);1H. The molecular formula is C19H38IN5O2. The minimum atomic E-state index is -0.465. The molecule has 0 aromatic carbocycles. The van der Waals surface area contributed by atoms with Crippen LogP contribution in [0.4, 0.5) is 4.79 Å². The molecule has 2 aliphatic heterocycles. The summed E-state index contributed by atoms with van der Waals surface area (Å²) in [4.78, 5) is 21.1. The van der Waals surface area contributed by atoms with Crippen molar-refractivity contribution in [2.75, 3.05) is 46.3 Å². The molecule has 2 rings (SSSR count). The second-order valence-corrected chi connectivity index (χ2v) is 8.46. The molecule has 2 atom stereocenters. The van der Waals surface area contributed by atoms with Gasteiger partial charge in [-0.05, 0) is 59.0 Å². The molecule has 0 aromatic heterocycles. The molecule has 2 unspecified atom stereocenters. The van der Waals surface area contributed by atoms with Crippen LogP contribution in [0.15, 0.2) is 4.99 Å². The largest absolute Gasteiger partial charge is 0.444 e. The Morgan fingerprint density at radius 1 is 1.22 bits per heavy atom. The number of aliphatic imine (C=N–C) groups is 1. The summed E-state index contributed by atoms with van der Waals surface area (Å²) in [6.07, 6.45) is 3.05. The molecule has 0 radical (unpaired) electrons. The van der Waals surface area contributed by atoms with Gasteiger partial charge in [-0.15, -0.1) is 24.0 Å². The predicted octanol–water partition coefficient (Wildman–Crippen LogP) is 2.51. The van der Waals surface area contributed by atoms with Crippen molar-refractivity contribution in [1.29, 1.82) is 0 Å². The van der Waals surface area contributed by atoms with E-state index in [0.29, 0.717) is 5.92 Å². The van der Waals surface area contributed by atoms with E-state index in [1.54, 1.807) is 0 Å². The van der Waals surface area contributed by atoms with Gasteiger partial charge in [0.1, 0.15) is 5.60 Å². The van der Waals surface area contributed by atoms with Gasteiger partial charge in [-0.2, -0.15) is 0 Å². The van der Waals surface area contributed by atoms with Gasteiger partial charge in [-0.1, -0.05) is 6.92 Å². The third-order valence-electron chi connectivity index (χ3n) is 4.88. The maximum atomic E-state index is 11.9. The molecule has 158 valence electrons. The summed E-state index contributed by atoms with van der Waals surface area (Å²) < 4.78 is 5.35. The highest BCUT2D eigenvalue weighted by Crippen LogP contribution is 2.16. The van der Waals surface area contributed by atoms with Crippen molar-refractivity contribution in [3.8, 4) is 0 Å². The second kappa shape index (κ2) is 11.3.